The van der Waals surface area contributed by atoms with Gasteiger partial charge in [0.2, 0.25) is 0 Å². The average molecular weight is 490 g/mol. The van der Waals surface area contributed by atoms with Crippen molar-refractivity contribution in [3.05, 3.63) is 64.4 Å². The molecule has 0 spiro atoms. The maximum atomic E-state index is 14.0. The molecule has 2 aliphatic heterocycles. The van der Waals surface area contributed by atoms with E-state index < -0.39 is 6.10 Å². The van der Waals surface area contributed by atoms with E-state index >= 15 is 0 Å². The standard InChI is InChI=1S/C26H33ClFN3O3/c1-2-34-26(33)13-19-5-8-21(28)14-24(19)31-16-23(25(32)17-31)29-22-9-11-30(12-10-22)15-18-3-6-20(27)7-4-18/h3-8,14,22-23,25,29,32H,2,9-13,15-17H2,1H3. The van der Waals surface area contributed by atoms with Crippen molar-refractivity contribution in [1.82, 2.24) is 10.2 Å². The zero-order chi connectivity index (χ0) is 24.1. The van der Waals surface area contributed by atoms with Crippen molar-refractivity contribution in [2.75, 3.05) is 37.7 Å². The highest BCUT2D eigenvalue weighted by atomic mass is 35.5. The summed E-state index contributed by atoms with van der Waals surface area (Å²) in [6.45, 7) is 5.91. The highest BCUT2D eigenvalue weighted by molar-refractivity contribution is 6.30. The fraction of sp³-hybridized carbons (Fsp3) is 0.500. The number of carbonyl (C=O) groups is 1. The van der Waals surface area contributed by atoms with Gasteiger partial charge in [0.25, 0.3) is 0 Å². The molecule has 2 aromatic rings. The number of carbonyl (C=O) groups excluding carboxylic acids is 1. The van der Waals surface area contributed by atoms with E-state index in [1.807, 2.05) is 17.0 Å². The Balaban J connectivity index is 1.31. The number of aliphatic hydroxyl groups excluding tert-OH is 1. The van der Waals surface area contributed by atoms with Gasteiger partial charge in [-0.25, -0.2) is 4.39 Å². The van der Waals surface area contributed by atoms with E-state index in [-0.39, 0.29) is 24.2 Å². The number of β-amino-alcohol motifs (C(OH)–C–C–N with tert-alkyl or cyclic N) is 1. The minimum Gasteiger partial charge on any atom is -0.466 e. The molecule has 184 valence electrons. The largest absolute Gasteiger partial charge is 0.466 e. The Kier molecular flexibility index (Phi) is 8.42. The number of ether oxygens (including phenoxy) is 1. The van der Waals surface area contributed by atoms with E-state index in [0.717, 1.165) is 37.5 Å². The molecule has 2 aromatic carbocycles. The van der Waals surface area contributed by atoms with Crippen molar-refractivity contribution in [1.29, 1.82) is 0 Å². The Morgan fingerprint density at radius 3 is 2.62 bits per heavy atom. The molecule has 8 heteroatoms. The summed E-state index contributed by atoms with van der Waals surface area (Å²) in [4.78, 5) is 16.4. The van der Waals surface area contributed by atoms with Gasteiger partial charge in [0.1, 0.15) is 5.82 Å². The van der Waals surface area contributed by atoms with Gasteiger partial charge < -0.3 is 20.1 Å². The summed E-state index contributed by atoms with van der Waals surface area (Å²) in [7, 11) is 0. The van der Waals surface area contributed by atoms with Crippen molar-refractivity contribution in [2.24, 2.45) is 0 Å². The summed E-state index contributed by atoms with van der Waals surface area (Å²) in [6, 6.07) is 12.6. The summed E-state index contributed by atoms with van der Waals surface area (Å²) in [5.41, 5.74) is 2.61. The van der Waals surface area contributed by atoms with Crippen LogP contribution in [0.5, 0.6) is 0 Å². The number of rotatable bonds is 8. The third-order valence-corrected chi connectivity index (χ3v) is 6.93. The number of piperidine rings is 1. The smallest absolute Gasteiger partial charge is 0.310 e. The van der Waals surface area contributed by atoms with Crippen LogP contribution in [0.2, 0.25) is 5.02 Å². The molecule has 2 heterocycles. The summed E-state index contributed by atoms with van der Waals surface area (Å²) in [5, 5.41) is 15.1. The van der Waals surface area contributed by atoms with Crippen LogP contribution in [-0.2, 0) is 22.5 Å². The lowest BCUT2D eigenvalue weighted by Gasteiger charge is -2.34. The van der Waals surface area contributed by atoms with Crippen LogP contribution in [0.25, 0.3) is 0 Å². The molecule has 0 radical (unpaired) electrons. The van der Waals surface area contributed by atoms with Gasteiger partial charge in [-0.2, -0.15) is 0 Å². The first-order valence-corrected chi connectivity index (χ1v) is 12.4. The first kappa shape index (κ1) is 24.9. The van der Waals surface area contributed by atoms with Crippen LogP contribution in [-0.4, -0.2) is 66.9 Å². The second-order valence-electron chi connectivity index (χ2n) is 9.18. The van der Waals surface area contributed by atoms with Crippen molar-refractivity contribution in [3.63, 3.8) is 0 Å². The highest BCUT2D eigenvalue weighted by Crippen LogP contribution is 2.28. The molecule has 2 N–H and O–H groups in total. The molecule has 2 saturated heterocycles. The monoisotopic (exact) mass is 489 g/mol. The molecular formula is C26H33ClFN3O3. The second kappa shape index (κ2) is 11.5. The maximum absolute atomic E-state index is 14.0. The van der Waals surface area contributed by atoms with Crippen molar-refractivity contribution in [3.8, 4) is 0 Å². The van der Waals surface area contributed by atoms with Gasteiger partial charge in [0, 0.05) is 36.4 Å². The molecule has 0 bridgehead atoms. The number of aliphatic hydroxyl groups is 1. The van der Waals surface area contributed by atoms with E-state index in [1.165, 1.54) is 17.7 Å². The van der Waals surface area contributed by atoms with E-state index in [9.17, 15) is 14.3 Å². The average Bonchev–Trinajstić information content (AvgIpc) is 3.18. The summed E-state index contributed by atoms with van der Waals surface area (Å²) in [6.07, 6.45) is 1.53. The minimum absolute atomic E-state index is 0.0836. The number of likely N-dealkylation sites (tertiary alicyclic amines) is 1. The molecule has 0 saturated carbocycles. The van der Waals surface area contributed by atoms with Crippen LogP contribution in [0.4, 0.5) is 10.1 Å². The molecule has 0 aromatic heterocycles. The second-order valence-corrected chi connectivity index (χ2v) is 9.61. The van der Waals surface area contributed by atoms with Crippen LogP contribution in [0, 0.1) is 5.82 Å². The van der Waals surface area contributed by atoms with Crippen LogP contribution in [0.15, 0.2) is 42.5 Å². The van der Waals surface area contributed by atoms with Crippen LogP contribution < -0.4 is 10.2 Å². The Bertz CT molecular complexity index is 966. The predicted octanol–water partition coefficient (Wildman–Crippen LogP) is 3.39. The van der Waals surface area contributed by atoms with Gasteiger partial charge in [0.05, 0.1) is 25.2 Å². The lowest BCUT2D eigenvalue weighted by molar-refractivity contribution is -0.142. The fourth-order valence-corrected chi connectivity index (χ4v) is 5.03. The molecule has 0 amide bonds. The van der Waals surface area contributed by atoms with Gasteiger partial charge in [-0.1, -0.05) is 29.8 Å². The number of benzene rings is 2. The van der Waals surface area contributed by atoms with E-state index in [1.54, 1.807) is 13.0 Å². The van der Waals surface area contributed by atoms with Gasteiger partial charge in [-0.3, -0.25) is 9.69 Å². The van der Waals surface area contributed by atoms with Gasteiger partial charge in [-0.05, 0) is 68.2 Å². The molecule has 2 fully saturated rings. The molecule has 2 aliphatic rings. The van der Waals surface area contributed by atoms with E-state index in [4.69, 9.17) is 16.3 Å². The SMILES string of the molecule is CCOC(=O)Cc1ccc(F)cc1N1CC(O)C(NC2CCN(Cc3ccc(Cl)cc3)CC2)C1. The fourth-order valence-electron chi connectivity index (χ4n) is 4.90. The lowest BCUT2D eigenvalue weighted by atomic mass is 10.0. The Morgan fingerprint density at radius 1 is 1.18 bits per heavy atom. The third kappa shape index (κ3) is 6.48. The number of esters is 1. The van der Waals surface area contributed by atoms with Gasteiger partial charge in [-0.15, -0.1) is 0 Å². The third-order valence-electron chi connectivity index (χ3n) is 6.67. The Hall–Kier alpha value is -2.19. The molecule has 6 nitrogen and oxygen atoms in total. The quantitative estimate of drug-likeness (QED) is 0.554. The molecule has 34 heavy (non-hydrogen) atoms. The highest BCUT2D eigenvalue weighted by Gasteiger charge is 2.34. The Labute approximate surface area is 205 Å². The first-order valence-electron chi connectivity index (χ1n) is 12.0. The predicted molar refractivity (Wildman–Crippen MR) is 132 cm³/mol. The number of hydrogen-bond donors (Lipinski definition) is 2. The number of anilines is 1. The molecule has 2 atom stereocenters. The van der Waals surface area contributed by atoms with E-state index in [2.05, 4.69) is 22.3 Å². The number of halogens is 2. The molecular weight excluding hydrogens is 457 g/mol. The van der Waals surface area contributed by atoms with Gasteiger partial charge in [0.15, 0.2) is 0 Å². The number of hydrogen-bond acceptors (Lipinski definition) is 6. The van der Waals surface area contributed by atoms with Crippen molar-refractivity contribution >= 4 is 23.3 Å². The molecule has 2 unspecified atom stereocenters. The van der Waals surface area contributed by atoms with Crippen molar-refractivity contribution in [2.45, 2.75) is 50.9 Å². The summed E-state index contributed by atoms with van der Waals surface area (Å²) < 4.78 is 19.1. The van der Waals surface area contributed by atoms with Crippen LogP contribution in [0.3, 0.4) is 0 Å². The molecule has 4 rings (SSSR count). The van der Waals surface area contributed by atoms with Crippen LogP contribution >= 0.6 is 11.6 Å². The molecule has 0 aliphatic carbocycles. The van der Waals surface area contributed by atoms with E-state index in [0.29, 0.717) is 37.0 Å². The zero-order valence-electron chi connectivity index (χ0n) is 19.6. The summed E-state index contributed by atoms with van der Waals surface area (Å²) >= 11 is 5.98. The number of nitrogens with zero attached hydrogens (tertiary/aromatic N) is 2. The minimum atomic E-state index is -0.564. The maximum Gasteiger partial charge on any atom is 0.310 e. The number of nitrogens with one attached hydrogen (secondary N) is 1. The topological polar surface area (TPSA) is 65.0 Å². The Morgan fingerprint density at radius 2 is 1.91 bits per heavy atom. The normalized spacial score (nSPS) is 21.7. The summed E-state index contributed by atoms with van der Waals surface area (Å²) in [5.74, 6) is -0.697. The van der Waals surface area contributed by atoms with Crippen molar-refractivity contribution < 1.29 is 19.0 Å². The lowest BCUT2D eigenvalue weighted by Crippen LogP contribution is -2.49. The first-order chi connectivity index (χ1) is 16.4. The van der Waals surface area contributed by atoms with Crippen LogP contribution in [0.1, 0.15) is 30.9 Å². The van der Waals surface area contributed by atoms with Gasteiger partial charge >= 0.3 is 5.97 Å². The zero-order valence-corrected chi connectivity index (χ0v) is 20.3.